The molecule has 7 nitrogen and oxygen atoms in total. The third-order valence-corrected chi connectivity index (χ3v) is 9.00. The molecule has 1 atom stereocenters. The number of benzene rings is 3. The first-order valence-electron chi connectivity index (χ1n) is 15.8. The van der Waals surface area contributed by atoms with E-state index in [9.17, 15) is 9.59 Å². The van der Waals surface area contributed by atoms with E-state index in [1.807, 2.05) is 54.6 Å². The minimum absolute atomic E-state index is 0.209. The number of allylic oxidation sites excluding steroid dienone is 1. The Morgan fingerprint density at radius 1 is 0.957 bits per heavy atom. The second-order valence-electron chi connectivity index (χ2n) is 11.0. The van der Waals surface area contributed by atoms with Crippen LogP contribution in [-0.4, -0.2) is 30.4 Å². The lowest BCUT2D eigenvalue weighted by Crippen LogP contribution is -2.39. The molecule has 0 saturated carbocycles. The summed E-state index contributed by atoms with van der Waals surface area (Å²) >= 11 is 7.43. The molecule has 0 amide bonds. The quantitative estimate of drug-likeness (QED) is 0.107. The molecule has 0 fully saturated rings. The van der Waals surface area contributed by atoms with Crippen molar-refractivity contribution in [3.63, 3.8) is 0 Å². The number of halogens is 1. The van der Waals surface area contributed by atoms with Gasteiger partial charge in [-0.2, -0.15) is 0 Å². The molecule has 9 heteroatoms. The molecule has 1 aliphatic heterocycles. The average molecular weight is 659 g/mol. The van der Waals surface area contributed by atoms with E-state index in [-0.39, 0.29) is 12.2 Å². The number of esters is 1. The Labute approximate surface area is 278 Å². The highest BCUT2D eigenvalue weighted by Crippen LogP contribution is 2.31. The molecule has 0 aliphatic carbocycles. The number of ether oxygens (including phenoxy) is 3. The summed E-state index contributed by atoms with van der Waals surface area (Å²) in [4.78, 5) is 32.2. The lowest BCUT2D eigenvalue weighted by molar-refractivity contribution is -0.139. The van der Waals surface area contributed by atoms with Crippen molar-refractivity contribution in [2.45, 2.75) is 58.9 Å². The SMILES string of the molecule is CCCCCCc1ccc(OCCOc2ccccc2/C=c2/sc3n(c2=O)C(c2ccc(Cl)cc2)C(C(=O)OCC)=C(C)N=3)cc1. The van der Waals surface area contributed by atoms with Crippen LogP contribution in [0, 0.1) is 0 Å². The van der Waals surface area contributed by atoms with Gasteiger partial charge < -0.3 is 14.2 Å². The Kier molecular flexibility index (Phi) is 11.5. The summed E-state index contributed by atoms with van der Waals surface area (Å²) in [6.45, 7) is 6.66. The van der Waals surface area contributed by atoms with Gasteiger partial charge >= 0.3 is 5.97 Å². The molecule has 2 heterocycles. The van der Waals surface area contributed by atoms with Gasteiger partial charge in [0.1, 0.15) is 24.7 Å². The molecule has 3 aromatic carbocycles. The lowest BCUT2D eigenvalue weighted by Gasteiger charge is -2.24. The topological polar surface area (TPSA) is 79.1 Å². The number of hydrogen-bond donors (Lipinski definition) is 0. The van der Waals surface area contributed by atoms with E-state index in [1.165, 1.54) is 42.6 Å². The minimum atomic E-state index is -0.700. The van der Waals surface area contributed by atoms with Gasteiger partial charge in [0.25, 0.3) is 5.56 Å². The molecule has 1 aliphatic rings. The highest BCUT2D eigenvalue weighted by atomic mass is 35.5. The van der Waals surface area contributed by atoms with Crippen molar-refractivity contribution in [1.29, 1.82) is 0 Å². The summed E-state index contributed by atoms with van der Waals surface area (Å²) in [5.74, 6) is 0.942. The van der Waals surface area contributed by atoms with Crippen molar-refractivity contribution in [2.24, 2.45) is 4.99 Å². The highest BCUT2D eigenvalue weighted by Gasteiger charge is 2.33. The Bertz CT molecular complexity index is 1860. The summed E-state index contributed by atoms with van der Waals surface area (Å²) in [7, 11) is 0. The number of carbonyl (C=O) groups excluding carboxylic acids is 1. The first-order chi connectivity index (χ1) is 22.4. The maximum Gasteiger partial charge on any atom is 0.338 e. The van der Waals surface area contributed by atoms with Crippen LogP contribution < -0.4 is 24.4 Å². The Morgan fingerprint density at radius 3 is 2.43 bits per heavy atom. The monoisotopic (exact) mass is 658 g/mol. The Balaban J connectivity index is 1.34. The Morgan fingerprint density at radius 2 is 1.70 bits per heavy atom. The van der Waals surface area contributed by atoms with E-state index in [1.54, 1.807) is 30.5 Å². The predicted octanol–water partition coefficient (Wildman–Crippen LogP) is 7.03. The number of thiazole rings is 1. The van der Waals surface area contributed by atoms with Gasteiger partial charge in [0.15, 0.2) is 4.80 Å². The molecule has 0 bridgehead atoms. The molecule has 1 aromatic heterocycles. The molecular formula is C37H39ClN2O5S. The fourth-order valence-electron chi connectivity index (χ4n) is 5.44. The minimum Gasteiger partial charge on any atom is -0.490 e. The number of unbranched alkanes of at least 4 members (excludes halogenated alkanes) is 3. The highest BCUT2D eigenvalue weighted by molar-refractivity contribution is 7.07. The zero-order valence-corrected chi connectivity index (χ0v) is 28.0. The third kappa shape index (κ3) is 7.98. The maximum atomic E-state index is 14.0. The van der Waals surface area contributed by atoms with Gasteiger partial charge in [0, 0.05) is 10.6 Å². The van der Waals surface area contributed by atoms with E-state index >= 15 is 0 Å². The zero-order chi connectivity index (χ0) is 32.5. The number of fused-ring (bicyclic) bond motifs is 1. The van der Waals surface area contributed by atoms with Crippen LogP contribution in [0.5, 0.6) is 11.5 Å². The number of nitrogens with zero attached hydrogens (tertiary/aromatic N) is 2. The van der Waals surface area contributed by atoms with Gasteiger partial charge in [-0.3, -0.25) is 9.36 Å². The summed E-state index contributed by atoms with van der Waals surface area (Å²) < 4.78 is 19.4. The third-order valence-electron chi connectivity index (χ3n) is 7.76. The smallest absolute Gasteiger partial charge is 0.338 e. The largest absolute Gasteiger partial charge is 0.490 e. The first kappa shape index (κ1) is 33.2. The fraction of sp³-hybridized carbons (Fsp3) is 0.324. The Hall–Kier alpha value is -4.14. The van der Waals surface area contributed by atoms with Crippen molar-refractivity contribution in [1.82, 2.24) is 4.57 Å². The summed E-state index contributed by atoms with van der Waals surface area (Å²) in [5, 5.41) is 0.558. The predicted molar refractivity (Wildman–Crippen MR) is 184 cm³/mol. The number of hydrogen-bond acceptors (Lipinski definition) is 7. The van der Waals surface area contributed by atoms with Gasteiger partial charge in [0.2, 0.25) is 0 Å². The molecule has 4 aromatic rings. The van der Waals surface area contributed by atoms with Crippen molar-refractivity contribution in [2.75, 3.05) is 19.8 Å². The molecule has 46 heavy (non-hydrogen) atoms. The van der Waals surface area contributed by atoms with Gasteiger partial charge in [-0.05, 0) is 74.2 Å². The second-order valence-corrected chi connectivity index (χ2v) is 12.5. The van der Waals surface area contributed by atoms with E-state index in [4.69, 9.17) is 25.8 Å². The fourth-order valence-corrected chi connectivity index (χ4v) is 6.61. The standard InChI is InChI=1S/C37H39ClN2O5S/c1-4-6-7-8-11-26-14-20-30(21-15-26)44-22-23-45-31-13-10-9-12-28(31)24-32-35(41)40-34(27-16-18-29(38)19-17-27)33(36(42)43-5-2)25(3)39-37(40)46-32/h9-10,12-21,24,34H,4-8,11,22-23H2,1-3H3/b32-24+. The van der Waals surface area contributed by atoms with Crippen LogP contribution in [0.2, 0.25) is 5.02 Å². The molecular weight excluding hydrogens is 620 g/mol. The maximum absolute atomic E-state index is 14.0. The van der Waals surface area contributed by atoms with Crippen LogP contribution in [0.1, 0.15) is 69.2 Å². The van der Waals surface area contributed by atoms with Crippen LogP contribution >= 0.6 is 22.9 Å². The average Bonchev–Trinajstić information content (AvgIpc) is 3.36. The first-order valence-corrected chi connectivity index (χ1v) is 17.0. The van der Waals surface area contributed by atoms with Crippen LogP contribution in [0.25, 0.3) is 6.08 Å². The molecule has 0 saturated heterocycles. The number of rotatable bonds is 14. The van der Waals surface area contributed by atoms with Crippen molar-refractivity contribution < 1.29 is 19.0 Å². The number of aryl methyl sites for hydroxylation is 1. The summed E-state index contributed by atoms with van der Waals surface area (Å²) in [5.41, 5.74) is 3.39. The zero-order valence-electron chi connectivity index (χ0n) is 26.5. The van der Waals surface area contributed by atoms with Crippen molar-refractivity contribution >= 4 is 35.0 Å². The van der Waals surface area contributed by atoms with Gasteiger partial charge in [-0.25, -0.2) is 9.79 Å². The van der Waals surface area contributed by atoms with E-state index in [0.29, 0.717) is 44.6 Å². The van der Waals surface area contributed by atoms with Crippen LogP contribution in [-0.2, 0) is 16.0 Å². The number of aromatic nitrogens is 1. The molecule has 0 N–H and O–H groups in total. The van der Waals surface area contributed by atoms with Crippen LogP contribution in [0.3, 0.4) is 0 Å². The molecule has 5 rings (SSSR count). The number of carbonyl (C=O) groups is 1. The normalized spacial score (nSPS) is 14.5. The molecule has 0 radical (unpaired) electrons. The van der Waals surface area contributed by atoms with Crippen LogP contribution in [0.15, 0.2) is 93.9 Å². The van der Waals surface area contributed by atoms with E-state index in [2.05, 4.69) is 24.0 Å². The number of para-hydroxylation sites is 1. The van der Waals surface area contributed by atoms with Crippen molar-refractivity contribution in [3.8, 4) is 11.5 Å². The van der Waals surface area contributed by atoms with E-state index in [0.717, 1.165) is 23.3 Å². The lowest BCUT2D eigenvalue weighted by atomic mass is 9.96. The van der Waals surface area contributed by atoms with Crippen LogP contribution in [0.4, 0.5) is 0 Å². The second kappa shape index (κ2) is 15.9. The summed E-state index contributed by atoms with van der Waals surface area (Å²) in [6.07, 6.45) is 7.89. The molecule has 1 unspecified atom stereocenters. The van der Waals surface area contributed by atoms with Crippen molar-refractivity contribution in [3.05, 3.63) is 125 Å². The van der Waals surface area contributed by atoms with Gasteiger partial charge in [-0.15, -0.1) is 0 Å². The molecule has 0 spiro atoms. The van der Waals surface area contributed by atoms with E-state index < -0.39 is 12.0 Å². The summed E-state index contributed by atoms with van der Waals surface area (Å²) in [6, 6.07) is 22.3. The van der Waals surface area contributed by atoms with Gasteiger partial charge in [-0.1, -0.05) is 91.6 Å². The molecule has 240 valence electrons. The van der Waals surface area contributed by atoms with Gasteiger partial charge in [0.05, 0.1) is 28.5 Å².